The summed E-state index contributed by atoms with van der Waals surface area (Å²) in [5.41, 5.74) is 8.28. The third-order valence-corrected chi connectivity index (χ3v) is 4.79. The molecule has 102 valence electrons. The number of hydrogen-bond acceptors (Lipinski definition) is 3. The molecule has 0 bridgehead atoms. The van der Waals surface area contributed by atoms with Crippen molar-refractivity contribution in [3.8, 4) is 0 Å². The SMILES string of the molecule is CCc1nn(C)c(CN(C)C(CN)C2CC2)c1Br. The first-order valence-corrected chi connectivity index (χ1v) is 7.48. The molecule has 1 unspecified atom stereocenters. The van der Waals surface area contributed by atoms with E-state index < -0.39 is 0 Å². The number of rotatable bonds is 6. The highest BCUT2D eigenvalue weighted by atomic mass is 79.9. The van der Waals surface area contributed by atoms with Crippen molar-refractivity contribution in [2.24, 2.45) is 18.7 Å². The van der Waals surface area contributed by atoms with Gasteiger partial charge in [-0.05, 0) is 48.2 Å². The smallest absolute Gasteiger partial charge is 0.0767 e. The van der Waals surface area contributed by atoms with Crippen molar-refractivity contribution in [1.82, 2.24) is 14.7 Å². The van der Waals surface area contributed by atoms with Crippen LogP contribution in [0.2, 0.25) is 0 Å². The number of aryl methyl sites for hydroxylation is 2. The molecule has 0 spiro atoms. The molecule has 0 amide bonds. The normalized spacial score (nSPS) is 17.4. The summed E-state index contributed by atoms with van der Waals surface area (Å²) < 4.78 is 3.14. The molecule has 0 aromatic carbocycles. The molecule has 1 fully saturated rings. The van der Waals surface area contributed by atoms with Crippen molar-refractivity contribution in [3.05, 3.63) is 15.9 Å². The summed E-state index contributed by atoms with van der Waals surface area (Å²) in [7, 11) is 4.18. The lowest BCUT2D eigenvalue weighted by Gasteiger charge is -2.27. The van der Waals surface area contributed by atoms with Crippen LogP contribution < -0.4 is 5.73 Å². The van der Waals surface area contributed by atoms with Gasteiger partial charge in [0.2, 0.25) is 0 Å². The molecule has 2 N–H and O–H groups in total. The Bertz CT molecular complexity index is 411. The van der Waals surface area contributed by atoms with Crippen LogP contribution in [0.25, 0.3) is 0 Å². The number of aromatic nitrogens is 2. The summed E-state index contributed by atoms with van der Waals surface area (Å²) in [5.74, 6) is 0.803. The molecule has 1 aliphatic rings. The predicted molar refractivity (Wildman–Crippen MR) is 77.3 cm³/mol. The van der Waals surface area contributed by atoms with Gasteiger partial charge in [0.25, 0.3) is 0 Å². The van der Waals surface area contributed by atoms with Crippen molar-refractivity contribution >= 4 is 15.9 Å². The van der Waals surface area contributed by atoms with Crippen molar-refractivity contribution in [2.45, 2.75) is 38.8 Å². The molecule has 1 saturated carbocycles. The van der Waals surface area contributed by atoms with E-state index in [-0.39, 0.29) is 0 Å². The largest absolute Gasteiger partial charge is 0.329 e. The minimum Gasteiger partial charge on any atom is -0.329 e. The predicted octanol–water partition coefficient (Wildman–Crippen LogP) is 1.91. The molecule has 2 rings (SSSR count). The molecule has 1 aromatic heterocycles. The van der Waals surface area contributed by atoms with Crippen molar-refractivity contribution in [3.63, 3.8) is 0 Å². The first-order valence-electron chi connectivity index (χ1n) is 6.69. The van der Waals surface area contributed by atoms with Gasteiger partial charge in [0, 0.05) is 26.2 Å². The maximum absolute atomic E-state index is 5.90. The highest BCUT2D eigenvalue weighted by Gasteiger charge is 2.33. The average molecular weight is 315 g/mol. The van der Waals surface area contributed by atoms with Crippen LogP contribution in [-0.2, 0) is 20.0 Å². The van der Waals surface area contributed by atoms with Crippen LogP contribution in [0, 0.1) is 5.92 Å². The standard InChI is InChI=1S/C13H23BrN4/c1-4-10-13(14)12(18(3)16-10)8-17(2)11(7-15)9-5-6-9/h9,11H,4-8,15H2,1-3H3. The Balaban J connectivity index is 2.10. The molecule has 1 heterocycles. The van der Waals surface area contributed by atoms with Gasteiger partial charge in [0.15, 0.2) is 0 Å². The Morgan fingerprint density at radius 3 is 2.67 bits per heavy atom. The lowest BCUT2D eigenvalue weighted by atomic mass is 10.1. The van der Waals surface area contributed by atoms with Crippen LogP contribution in [0.1, 0.15) is 31.2 Å². The van der Waals surface area contributed by atoms with E-state index >= 15 is 0 Å². The topological polar surface area (TPSA) is 47.1 Å². The maximum atomic E-state index is 5.90. The third-order valence-electron chi connectivity index (χ3n) is 3.88. The molecule has 1 aromatic rings. The number of nitrogens with two attached hydrogens (primary N) is 1. The fourth-order valence-electron chi connectivity index (χ4n) is 2.56. The average Bonchev–Trinajstić information content (AvgIpc) is 3.13. The fourth-order valence-corrected chi connectivity index (χ4v) is 3.30. The van der Waals surface area contributed by atoms with Gasteiger partial charge < -0.3 is 5.73 Å². The van der Waals surface area contributed by atoms with Gasteiger partial charge in [0.1, 0.15) is 0 Å². The molecule has 1 aliphatic carbocycles. The summed E-state index contributed by atoms with van der Waals surface area (Å²) in [6, 6.07) is 0.511. The first kappa shape index (κ1) is 14.0. The second-order valence-electron chi connectivity index (χ2n) is 5.24. The minimum atomic E-state index is 0.511. The summed E-state index contributed by atoms with van der Waals surface area (Å²) >= 11 is 3.67. The summed E-state index contributed by atoms with van der Waals surface area (Å²) in [6.07, 6.45) is 3.62. The van der Waals surface area contributed by atoms with E-state index in [1.165, 1.54) is 18.5 Å². The van der Waals surface area contributed by atoms with Gasteiger partial charge in [-0.3, -0.25) is 9.58 Å². The van der Waals surface area contributed by atoms with Crippen molar-refractivity contribution < 1.29 is 0 Å². The Hall–Kier alpha value is -0.390. The van der Waals surface area contributed by atoms with E-state index in [0.29, 0.717) is 6.04 Å². The zero-order valence-corrected chi connectivity index (χ0v) is 13.1. The Morgan fingerprint density at radius 1 is 1.56 bits per heavy atom. The molecular weight excluding hydrogens is 292 g/mol. The number of nitrogens with zero attached hydrogens (tertiary/aromatic N) is 3. The lowest BCUT2D eigenvalue weighted by molar-refractivity contribution is 0.210. The van der Waals surface area contributed by atoms with Gasteiger partial charge in [-0.2, -0.15) is 5.10 Å². The third kappa shape index (κ3) is 2.78. The van der Waals surface area contributed by atoms with Crippen LogP contribution in [0.15, 0.2) is 4.47 Å². The Kier molecular flexibility index (Phi) is 4.45. The molecule has 0 saturated heterocycles. The molecule has 0 radical (unpaired) electrons. The van der Waals surface area contributed by atoms with Crippen molar-refractivity contribution in [2.75, 3.05) is 13.6 Å². The quantitative estimate of drug-likeness (QED) is 0.872. The van der Waals surface area contributed by atoms with Crippen LogP contribution in [0.3, 0.4) is 0 Å². The van der Waals surface area contributed by atoms with E-state index in [1.54, 1.807) is 0 Å². The zero-order chi connectivity index (χ0) is 13.3. The second kappa shape index (κ2) is 5.72. The van der Waals surface area contributed by atoms with Gasteiger partial charge >= 0.3 is 0 Å². The number of likely N-dealkylation sites (N-methyl/N-ethyl adjacent to an activating group) is 1. The molecular formula is C13H23BrN4. The second-order valence-corrected chi connectivity index (χ2v) is 6.03. The van der Waals surface area contributed by atoms with Gasteiger partial charge in [-0.25, -0.2) is 0 Å². The zero-order valence-electron chi connectivity index (χ0n) is 11.5. The Morgan fingerprint density at radius 2 is 2.22 bits per heavy atom. The monoisotopic (exact) mass is 314 g/mol. The molecule has 0 aliphatic heterocycles. The highest BCUT2D eigenvalue weighted by molar-refractivity contribution is 9.10. The van der Waals surface area contributed by atoms with Gasteiger partial charge in [0.05, 0.1) is 15.9 Å². The van der Waals surface area contributed by atoms with Crippen molar-refractivity contribution in [1.29, 1.82) is 0 Å². The van der Waals surface area contributed by atoms with E-state index in [4.69, 9.17) is 5.73 Å². The summed E-state index contributed by atoms with van der Waals surface area (Å²) in [6.45, 7) is 3.78. The highest BCUT2D eigenvalue weighted by Crippen LogP contribution is 2.35. The minimum absolute atomic E-state index is 0.511. The molecule has 5 heteroatoms. The lowest BCUT2D eigenvalue weighted by Crippen LogP contribution is -2.39. The van der Waals surface area contributed by atoms with E-state index in [0.717, 1.165) is 35.6 Å². The van der Waals surface area contributed by atoms with E-state index in [1.807, 2.05) is 11.7 Å². The van der Waals surface area contributed by atoms with E-state index in [2.05, 4.69) is 39.9 Å². The first-order chi connectivity index (χ1) is 8.58. The number of hydrogen-bond donors (Lipinski definition) is 1. The fraction of sp³-hybridized carbons (Fsp3) is 0.769. The van der Waals surface area contributed by atoms with Crippen LogP contribution in [0.5, 0.6) is 0 Å². The van der Waals surface area contributed by atoms with Gasteiger partial charge in [-0.15, -0.1) is 0 Å². The van der Waals surface area contributed by atoms with Crippen LogP contribution in [0.4, 0.5) is 0 Å². The van der Waals surface area contributed by atoms with Crippen LogP contribution >= 0.6 is 15.9 Å². The number of halogens is 1. The molecule has 1 atom stereocenters. The molecule has 4 nitrogen and oxygen atoms in total. The maximum Gasteiger partial charge on any atom is 0.0767 e. The summed E-state index contributed by atoms with van der Waals surface area (Å²) in [5, 5.41) is 4.54. The molecule has 18 heavy (non-hydrogen) atoms. The van der Waals surface area contributed by atoms with E-state index in [9.17, 15) is 0 Å². The summed E-state index contributed by atoms with van der Waals surface area (Å²) in [4.78, 5) is 2.37. The Labute approximate surface area is 118 Å². The van der Waals surface area contributed by atoms with Gasteiger partial charge in [-0.1, -0.05) is 6.92 Å². The van der Waals surface area contributed by atoms with Crippen LogP contribution in [-0.4, -0.2) is 34.3 Å².